The number of alkyl halides is 2. The number of likely N-dealkylation sites (tertiary alicyclic amines) is 1. The van der Waals surface area contributed by atoms with Gasteiger partial charge >= 0.3 is 5.92 Å². The number of aryl methyl sites for hydroxylation is 1. The molecule has 4 aromatic rings. The molecule has 2 N–H and O–H groups in total. The van der Waals surface area contributed by atoms with Crippen molar-refractivity contribution in [2.24, 2.45) is 7.05 Å². The summed E-state index contributed by atoms with van der Waals surface area (Å²) in [7, 11) is 1.86. The lowest BCUT2D eigenvalue weighted by molar-refractivity contribution is -0.149. The first kappa shape index (κ1) is 28.6. The normalized spacial score (nSPS) is 17.4. The number of aliphatic hydroxyl groups excluding tert-OH is 1. The Hall–Kier alpha value is -3.53. The molecule has 1 aromatic heterocycles. The van der Waals surface area contributed by atoms with Crippen LogP contribution in [-0.4, -0.2) is 57.5 Å². The number of halogens is 3. The summed E-state index contributed by atoms with van der Waals surface area (Å²) < 4.78 is 38.6. The summed E-state index contributed by atoms with van der Waals surface area (Å²) in [4.78, 5) is 15.2. The fourth-order valence-electron chi connectivity index (χ4n) is 5.47. The Kier molecular flexibility index (Phi) is 7.91. The second-order valence-electron chi connectivity index (χ2n) is 11.2. The summed E-state index contributed by atoms with van der Waals surface area (Å²) >= 11 is 6.41. The van der Waals surface area contributed by atoms with Crippen LogP contribution in [0.1, 0.15) is 42.9 Å². The standard InChI is InChI=1S/C32H33ClF2N4O3/c1-38-28-12-6-21(16-23(28)18-36-38)20-4-8-24(9-5-20)32(34,35)31(41)37-27(19-39-14-2-3-15-39)30(40)22-7-13-29(26(33)17-22)42-25-10-11-25/h4-9,12-13,16-18,25,27,30,40H,2-3,10-11,14-15,19H2,1H3,(H,37,41). The molecule has 1 saturated carbocycles. The van der Waals surface area contributed by atoms with Crippen molar-refractivity contribution in [2.75, 3.05) is 19.6 Å². The highest BCUT2D eigenvalue weighted by Gasteiger charge is 2.43. The zero-order valence-corrected chi connectivity index (χ0v) is 24.0. The summed E-state index contributed by atoms with van der Waals surface area (Å²) in [5, 5.41) is 19.3. The van der Waals surface area contributed by atoms with E-state index in [2.05, 4.69) is 15.3 Å². The van der Waals surface area contributed by atoms with Crippen LogP contribution in [0, 0.1) is 0 Å². The van der Waals surface area contributed by atoms with Crippen LogP contribution in [0.3, 0.4) is 0 Å². The molecule has 2 heterocycles. The summed E-state index contributed by atoms with van der Waals surface area (Å²) in [5.41, 5.74) is 2.56. The molecule has 2 fully saturated rings. The number of fused-ring (bicyclic) bond motifs is 1. The fourth-order valence-corrected chi connectivity index (χ4v) is 5.70. The van der Waals surface area contributed by atoms with Gasteiger partial charge in [-0.05, 0) is 79.7 Å². The van der Waals surface area contributed by atoms with Crippen molar-refractivity contribution in [3.63, 3.8) is 0 Å². The van der Waals surface area contributed by atoms with E-state index in [1.165, 1.54) is 12.1 Å². The predicted octanol–water partition coefficient (Wildman–Crippen LogP) is 5.84. The molecule has 1 amide bonds. The first-order valence-electron chi connectivity index (χ1n) is 14.3. The van der Waals surface area contributed by atoms with Crippen molar-refractivity contribution in [2.45, 2.75) is 49.9 Å². The van der Waals surface area contributed by atoms with E-state index in [-0.39, 0.29) is 12.6 Å². The Balaban J connectivity index is 1.19. The monoisotopic (exact) mass is 594 g/mol. The summed E-state index contributed by atoms with van der Waals surface area (Å²) in [6.45, 7) is 1.78. The zero-order valence-electron chi connectivity index (χ0n) is 23.3. The van der Waals surface area contributed by atoms with Gasteiger partial charge in [0.05, 0.1) is 28.9 Å². The van der Waals surface area contributed by atoms with Crippen LogP contribution in [0.4, 0.5) is 8.78 Å². The van der Waals surface area contributed by atoms with E-state index < -0.39 is 29.5 Å². The van der Waals surface area contributed by atoms with E-state index in [1.807, 2.05) is 25.2 Å². The maximum absolute atomic E-state index is 15.5. The average molecular weight is 595 g/mol. The fraction of sp³-hybridized carbons (Fsp3) is 0.375. The van der Waals surface area contributed by atoms with Crippen LogP contribution < -0.4 is 10.1 Å². The molecule has 1 saturated heterocycles. The number of hydrogen-bond acceptors (Lipinski definition) is 5. The quantitative estimate of drug-likeness (QED) is 0.241. The summed E-state index contributed by atoms with van der Waals surface area (Å²) in [6.07, 6.45) is 4.57. The van der Waals surface area contributed by atoms with Crippen LogP contribution in [-0.2, 0) is 17.8 Å². The number of benzene rings is 3. The molecule has 2 aliphatic rings. The topological polar surface area (TPSA) is 79.6 Å². The molecule has 2 unspecified atom stereocenters. The van der Waals surface area contributed by atoms with Gasteiger partial charge in [0.25, 0.3) is 5.91 Å². The molecular weight excluding hydrogens is 562 g/mol. The van der Waals surface area contributed by atoms with Gasteiger partial charge < -0.3 is 20.1 Å². The molecule has 3 aromatic carbocycles. The first-order valence-corrected chi connectivity index (χ1v) is 14.6. The Morgan fingerprint density at radius 3 is 2.50 bits per heavy atom. The lowest BCUT2D eigenvalue weighted by atomic mass is 9.98. The molecule has 10 heteroatoms. The summed E-state index contributed by atoms with van der Waals surface area (Å²) in [5.74, 6) is -4.75. The molecule has 0 spiro atoms. The van der Waals surface area contributed by atoms with Gasteiger partial charge in [0.1, 0.15) is 11.9 Å². The molecular formula is C32H33ClF2N4O3. The largest absolute Gasteiger partial charge is 0.489 e. The highest BCUT2D eigenvalue weighted by Crippen LogP contribution is 2.35. The van der Waals surface area contributed by atoms with Crippen molar-refractivity contribution >= 4 is 28.4 Å². The molecule has 0 bridgehead atoms. The molecule has 6 rings (SSSR count). The maximum Gasteiger partial charge on any atom is 0.349 e. The minimum atomic E-state index is -3.81. The van der Waals surface area contributed by atoms with Crippen LogP contribution in [0.25, 0.3) is 22.0 Å². The van der Waals surface area contributed by atoms with Crippen LogP contribution in [0.15, 0.2) is 66.9 Å². The number of aromatic nitrogens is 2. The minimum Gasteiger partial charge on any atom is -0.489 e. The smallest absolute Gasteiger partial charge is 0.349 e. The average Bonchev–Trinajstić information content (AvgIpc) is 3.51. The van der Waals surface area contributed by atoms with Gasteiger partial charge in [-0.1, -0.05) is 48.0 Å². The zero-order chi connectivity index (χ0) is 29.4. The highest BCUT2D eigenvalue weighted by atomic mass is 35.5. The van der Waals surface area contributed by atoms with Gasteiger partial charge in [0.15, 0.2) is 0 Å². The van der Waals surface area contributed by atoms with E-state index in [0.717, 1.165) is 60.8 Å². The highest BCUT2D eigenvalue weighted by molar-refractivity contribution is 6.32. The molecule has 1 aliphatic carbocycles. The van der Waals surface area contributed by atoms with Gasteiger partial charge in [-0.15, -0.1) is 0 Å². The van der Waals surface area contributed by atoms with Crippen molar-refractivity contribution < 1.29 is 23.4 Å². The van der Waals surface area contributed by atoms with Crippen molar-refractivity contribution in [1.82, 2.24) is 20.0 Å². The third-order valence-corrected chi connectivity index (χ3v) is 8.37. The number of aliphatic hydroxyl groups is 1. The lowest BCUT2D eigenvalue weighted by Crippen LogP contribution is -2.50. The van der Waals surface area contributed by atoms with Crippen molar-refractivity contribution in [1.29, 1.82) is 0 Å². The van der Waals surface area contributed by atoms with Crippen molar-refractivity contribution in [3.8, 4) is 16.9 Å². The number of amides is 1. The van der Waals surface area contributed by atoms with Gasteiger partial charge in [-0.3, -0.25) is 9.48 Å². The number of carbonyl (C=O) groups is 1. The predicted molar refractivity (Wildman–Crippen MR) is 158 cm³/mol. The molecule has 7 nitrogen and oxygen atoms in total. The second-order valence-corrected chi connectivity index (χ2v) is 11.6. The van der Waals surface area contributed by atoms with E-state index in [0.29, 0.717) is 16.3 Å². The Labute approximate surface area is 248 Å². The molecule has 1 aliphatic heterocycles. The first-order chi connectivity index (χ1) is 20.2. The lowest BCUT2D eigenvalue weighted by Gasteiger charge is -2.30. The summed E-state index contributed by atoms with van der Waals surface area (Å²) in [6, 6.07) is 15.4. The number of nitrogens with zero attached hydrogens (tertiary/aromatic N) is 3. The van der Waals surface area contributed by atoms with E-state index >= 15 is 8.78 Å². The SMILES string of the molecule is Cn1ncc2cc(-c3ccc(C(F)(F)C(=O)NC(CN4CCCC4)C(O)c4ccc(OC5CC5)c(Cl)c4)cc3)ccc21. The maximum atomic E-state index is 15.5. The molecule has 220 valence electrons. The third kappa shape index (κ3) is 6.00. The molecule has 0 radical (unpaired) electrons. The second kappa shape index (κ2) is 11.6. The van der Waals surface area contributed by atoms with E-state index in [4.69, 9.17) is 16.3 Å². The Morgan fingerprint density at radius 1 is 1.10 bits per heavy atom. The molecule has 2 atom stereocenters. The van der Waals surface area contributed by atoms with Crippen molar-refractivity contribution in [3.05, 3.63) is 83.0 Å². The minimum absolute atomic E-state index is 0.154. The third-order valence-electron chi connectivity index (χ3n) is 8.08. The Morgan fingerprint density at radius 2 is 1.81 bits per heavy atom. The molecule has 42 heavy (non-hydrogen) atoms. The van der Waals surface area contributed by atoms with Gasteiger partial charge in [0.2, 0.25) is 0 Å². The number of nitrogens with one attached hydrogen (secondary N) is 1. The number of ether oxygens (including phenoxy) is 1. The Bertz CT molecular complexity index is 1580. The number of carbonyl (C=O) groups excluding carboxylic acids is 1. The number of hydrogen-bond donors (Lipinski definition) is 2. The van der Waals surface area contributed by atoms with Crippen LogP contribution >= 0.6 is 11.6 Å². The van der Waals surface area contributed by atoms with Gasteiger partial charge in [-0.25, -0.2) is 0 Å². The van der Waals surface area contributed by atoms with E-state index in [1.54, 1.807) is 41.2 Å². The number of rotatable bonds is 10. The van der Waals surface area contributed by atoms with Gasteiger partial charge in [-0.2, -0.15) is 13.9 Å². The van der Waals surface area contributed by atoms with Gasteiger partial charge in [0, 0.05) is 24.5 Å². The van der Waals surface area contributed by atoms with Crippen LogP contribution in [0.2, 0.25) is 5.02 Å². The van der Waals surface area contributed by atoms with E-state index in [9.17, 15) is 9.90 Å². The van der Waals surface area contributed by atoms with Crippen LogP contribution in [0.5, 0.6) is 5.75 Å².